The number of rotatable bonds is 7. The van der Waals surface area contributed by atoms with E-state index in [-0.39, 0.29) is 18.4 Å². The van der Waals surface area contributed by atoms with Gasteiger partial charge in [-0.15, -0.1) is 10.2 Å². The van der Waals surface area contributed by atoms with Crippen molar-refractivity contribution in [1.29, 1.82) is 0 Å². The third-order valence-electron chi connectivity index (χ3n) is 4.55. The molecule has 0 fully saturated rings. The molecule has 0 radical (unpaired) electrons. The van der Waals surface area contributed by atoms with Gasteiger partial charge in [0, 0.05) is 10.9 Å². The monoisotopic (exact) mass is 431 g/mol. The largest absolute Gasteiger partial charge is 0.415 e. The molecule has 0 atom stereocenters. The highest BCUT2D eigenvalue weighted by Crippen LogP contribution is 2.26. The Morgan fingerprint density at radius 1 is 1.00 bits per heavy atom. The summed E-state index contributed by atoms with van der Waals surface area (Å²) >= 11 is 0. The second-order valence-electron chi connectivity index (χ2n) is 7.06. The van der Waals surface area contributed by atoms with Crippen LogP contribution in [0.4, 0.5) is 17.6 Å². The molecule has 4 rings (SSSR count). The average Bonchev–Trinajstić information content (AvgIpc) is 3.24. The lowest BCUT2D eigenvalue weighted by molar-refractivity contribution is -0.168. The summed E-state index contributed by atoms with van der Waals surface area (Å²) in [4.78, 5) is 4.54. The zero-order valence-corrected chi connectivity index (χ0v) is 16.4. The van der Waals surface area contributed by atoms with Gasteiger partial charge < -0.3 is 9.15 Å². The Morgan fingerprint density at radius 3 is 2.61 bits per heavy atom. The van der Waals surface area contributed by atoms with Gasteiger partial charge in [-0.1, -0.05) is 29.8 Å². The molecule has 0 unspecified atom stereocenters. The maximum absolute atomic E-state index is 13.0. The van der Waals surface area contributed by atoms with Gasteiger partial charge in [-0.25, -0.2) is 13.8 Å². The standard InChI is InChI=1S/C22H17F4N3O2/c1-13-5-7-17-15(9-13)6-8-18(27-17)20-29-28-19(31-20)16-4-2-3-14(10-16)11-30-12-22(25,26)21(23)24/h2-10,21H,11-12H2,1H3. The Hall–Kier alpha value is -3.33. The third-order valence-corrected chi connectivity index (χ3v) is 4.55. The number of pyridine rings is 1. The van der Waals surface area contributed by atoms with Crippen LogP contribution in [0.1, 0.15) is 11.1 Å². The number of aromatic nitrogens is 3. The fraction of sp³-hybridized carbons (Fsp3) is 0.227. The van der Waals surface area contributed by atoms with Crippen LogP contribution in [0.15, 0.2) is 59.0 Å². The lowest BCUT2D eigenvalue weighted by Gasteiger charge is -2.15. The third kappa shape index (κ3) is 4.72. The Kier molecular flexibility index (Phi) is 5.69. The normalized spacial score (nSPS) is 12.1. The highest BCUT2D eigenvalue weighted by molar-refractivity contribution is 5.81. The van der Waals surface area contributed by atoms with Crippen molar-refractivity contribution in [2.45, 2.75) is 25.9 Å². The van der Waals surface area contributed by atoms with E-state index in [1.165, 1.54) is 0 Å². The molecular weight excluding hydrogens is 414 g/mol. The van der Waals surface area contributed by atoms with E-state index >= 15 is 0 Å². The smallest absolute Gasteiger partial charge is 0.330 e. The van der Waals surface area contributed by atoms with Gasteiger partial charge in [0.2, 0.25) is 5.89 Å². The molecule has 0 saturated carbocycles. The first-order valence-corrected chi connectivity index (χ1v) is 9.36. The van der Waals surface area contributed by atoms with Crippen LogP contribution in [0, 0.1) is 6.92 Å². The summed E-state index contributed by atoms with van der Waals surface area (Å²) in [6, 6.07) is 16.2. The lowest BCUT2D eigenvalue weighted by atomic mass is 10.1. The van der Waals surface area contributed by atoms with Crippen molar-refractivity contribution in [1.82, 2.24) is 15.2 Å². The van der Waals surface area contributed by atoms with E-state index in [9.17, 15) is 17.6 Å². The highest BCUT2D eigenvalue weighted by atomic mass is 19.3. The summed E-state index contributed by atoms with van der Waals surface area (Å²) in [6.07, 6.45) is -3.77. The van der Waals surface area contributed by atoms with Crippen molar-refractivity contribution in [3.8, 4) is 23.0 Å². The molecule has 0 saturated heterocycles. The molecule has 2 heterocycles. The molecule has 31 heavy (non-hydrogen) atoms. The van der Waals surface area contributed by atoms with Gasteiger partial charge in [-0.2, -0.15) is 8.78 Å². The minimum atomic E-state index is -4.19. The average molecular weight is 431 g/mol. The van der Waals surface area contributed by atoms with Crippen molar-refractivity contribution in [2.75, 3.05) is 6.61 Å². The predicted octanol–water partition coefficient (Wildman–Crippen LogP) is 5.68. The summed E-state index contributed by atoms with van der Waals surface area (Å²) in [5, 5.41) is 9.06. The fourth-order valence-corrected chi connectivity index (χ4v) is 2.97. The van der Waals surface area contributed by atoms with Crippen LogP contribution < -0.4 is 0 Å². The Morgan fingerprint density at radius 2 is 1.81 bits per heavy atom. The summed E-state index contributed by atoms with van der Waals surface area (Å²) in [6.45, 7) is 0.372. The number of hydrogen-bond donors (Lipinski definition) is 0. The molecule has 0 N–H and O–H groups in total. The molecule has 0 bridgehead atoms. The van der Waals surface area contributed by atoms with E-state index in [0.29, 0.717) is 16.8 Å². The van der Waals surface area contributed by atoms with Gasteiger partial charge in [0.15, 0.2) is 0 Å². The molecule has 160 valence electrons. The molecule has 4 aromatic rings. The van der Waals surface area contributed by atoms with Crippen LogP contribution in [-0.4, -0.2) is 34.1 Å². The van der Waals surface area contributed by atoms with E-state index < -0.39 is 19.0 Å². The molecule has 0 aliphatic rings. The van der Waals surface area contributed by atoms with Gasteiger partial charge in [-0.05, 0) is 42.8 Å². The lowest BCUT2D eigenvalue weighted by Crippen LogP contribution is -2.32. The number of aryl methyl sites for hydroxylation is 1. The van der Waals surface area contributed by atoms with Gasteiger partial charge in [0.1, 0.15) is 12.3 Å². The van der Waals surface area contributed by atoms with Gasteiger partial charge in [-0.3, -0.25) is 0 Å². The van der Waals surface area contributed by atoms with Crippen LogP contribution >= 0.6 is 0 Å². The molecule has 5 nitrogen and oxygen atoms in total. The van der Waals surface area contributed by atoms with Gasteiger partial charge in [0.05, 0.1) is 12.1 Å². The first-order valence-electron chi connectivity index (χ1n) is 9.36. The number of halogens is 4. The Bertz CT molecular complexity index is 1210. The number of alkyl halides is 4. The quantitative estimate of drug-likeness (QED) is 0.353. The number of benzene rings is 2. The maximum atomic E-state index is 13.0. The molecule has 2 aromatic carbocycles. The van der Waals surface area contributed by atoms with Crippen LogP contribution in [0.3, 0.4) is 0 Å². The van der Waals surface area contributed by atoms with E-state index in [1.807, 2.05) is 31.2 Å². The van der Waals surface area contributed by atoms with Gasteiger partial charge in [0.25, 0.3) is 5.89 Å². The first-order chi connectivity index (χ1) is 14.8. The van der Waals surface area contributed by atoms with Crippen molar-refractivity contribution < 1.29 is 26.7 Å². The molecular formula is C22H17F4N3O2. The van der Waals surface area contributed by atoms with Crippen molar-refractivity contribution in [3.05, 3.63) is 65.7 Å². The summed E-state index contributed by atoms with van der Waals surface area (Å²) < 4.78 is 60.8. The number of nitrogens with zero attached hydrogens (tertiary/aromatic N) is 3. The number of hydrogen-bond acceptors (Lipinski definition) is 5. The van der Waals surface area contributed by atoms with Gasteiger partial charge >= 0.3 is 12.3 Å². The molecule has 0 spiro atoms. The van der Waals surface area contributed by atoms with Crippen molar-refractivity contribution in [2.24, 2.45) is 0 Å². The van der Waals surface area contributed by atoms with E-state index in [2.05, 4.69) is 15.2 Å². The second-order valence-corrected chi connectivity index (χ2v) is 7.06. The highest BCUT2D eigenvalue weighted by Gasteiger charge is 2.40. The number of ether oxygens (including phenoxy) is 1. The van der Waals surface area contributed by atoms with Crippen LogP contribution in [-0.2, 0) is 11.3 Å². The molecule has 0 aliphatic carbocycles. The molecule has 0 aliphatic heterocycles. The summed E-state index contributed by atoms with van der Waals surface area (Å²) in [5.74, 6) is -3.75. The predicted molar refractivity (Wildman–Crippen MR) is 106 cm³/mol. The summed E-state index contributed by atoms with van der Waals surface area (Å²) in [5.41, 5.74) is 3.48. The zero-order valence-electron chi connectivity index (χ0n) is 16.4. The SMILES string of the molecule is Cc1ccc2nc(-c3nnc(-c4cccc(COCC(F)(F)C(F)F)c4)o3)ccc2c1. The Balaban J connectivity index is 1.50. The second kappa shape index (κ2) is 8.43. The topological polar surface area (TPSA) is 61.0 Å². The molecule has 0 amide bonds. The van der Waals surface area contributed by atoms with Crippen LogP contribution in [0.5, 0.6) is 0 Å². The zero-order chi connectivity index (χ0) is 22.0. The maximum Gasteiger partial charge on any atom is 0.330 e. The minimum Gasteiger partial charge on any atom is -0.415 e. The number of fused-ring (bicyclic) bond motifs is 1. The van der Waals surface area contributed by atoms with E-state index in [0.717, 1.165) is 16.5 Å². The molecule has 9 heteroatoms. The first kappa shape index (κ1) is 20.9. The minimum absolute atomic E-state index is 0.209. The van der Waals surface area contributed by atoms with Crippen molar-refractivity contribution >= 4 is 10.9 Å². The Labute approximate surface area is 174 Å². The van der Waals surface area contributed by atoms with Crippen LogP contribution in [0.25, 0.3) is 33.9 Å². The van der Waals surface area contributed by atoms with E-state index in [1.54, 1.807) is 30.3 Å². The fourth-order valence-electron chi connectivity index (χ4n) is 2.97. The summed E-state index contributed by atoms with van der Waals surface area (Å²) in [7, 11) is 0. The van der Waals surface area contributed by atoms with Crippen LogP contribution in [0.2, 0.25) is 0 Å². The molecule has 2 aromatic heterocycles. The van der Waals surface area contributed by atoms with E-state index in [4.69, 9.17) is 9.15 Å². The van der Waals surface area contributed by atoms with Crippen molar-refractivity contribution in [3.63, 3.8) is 0 Å².